The van der Waals surface area contributed by atoms with E-state index >= 15 is 0 Å². The third kappa shape index (κ3) is 1.60. The van der Waals surface area contributed by atoms with Crippen LogP contribution in [0.1, 0.15) is 11.3 Å². The van der Waals surface area contributed by atoms with E-state index in [1.807, 2.05) is 0 Å². The molecule has 7 nitrogen and oxygen atoms in total. The lowest BCUT2D eigenvalue weighted by atomic mass is 10.2. The van der Waals surface area contributed by atoms with Gasteiger partial charge < -0.3 is 5.73 Å². The standard InChI is InChI=1S/C10H4F3N7/c11-10(12,13)4-1-6-7(16-3-4)8(15)17-9-5(2-14)18-19-20(6)9/h1,3H,(H2,15,17). The van der Waals surface area contributed by atoms with Crippen LogP contribution in [-0.4, -0.2) is 24.8 Å². The summed E-state index contributed by atoms with van der Waals surface area (Å²) in [5, 5.41) is 16.0. The smallest absolute Gasteiger partial charge is 0.382 e. The van der Waals surface area contributed by atoms with Crippen LogP contribution in [0.15, 0.2) is 12.3 Å². The Labute approximate surface area is 108 Å². The van der Waals surface area contributed by atoms with Crippen LogP contribution >= 0.6 is 0 Å². The maximum atomic E-state index is 12.7. The summed E-state index contributed by atoms with van der Waals surface area (Å²) in [6.45, 7) is 0. The highest BCUT2D eigenvalue weighted by Gasteiger charge is 2.31. The molecule has 3 heterocycles. The molecule has 0 spiro atoms. The second-order valence-electron chi connectivity index (χ2n) is 3.87. The Morgan fingerprint density at radius 1 is 1.35 bits per heavy atom. The van der Waals surface area contributed by atoms with Gasteiger partial charge in [-0.3, -0.25) is 4.98 Å². The first-order chi connectivity index (χ1) is 9.41. The summed E-state index contributed by atoms with van der Waals surface area (Å²) in [6.07, 6.45) is -3.89. The van der Waals surface area contributed by atoms with Gasteiger partial charge in [-0.1, -0.05) is 5.21 Å². The number of anilines is 1. The maximum absolute atomic E-state index is 12.7. The average Bonchev–Trinajstić information content (AvgIpc) is 2.80. The van der Waals surface area contributed by atoms with E-state index in [-0.39, 0.29) is 28.2 Å². The van der Waals surface area contributed by atoms with E-state index in [1.165, 1.54) is 0 Å². The summed E-state index contributed by atoms with van der Waals surface area (Å²) in [7, 11) is 0. The molecule has 0 atom stereocenters. The summed E-state index contributed by atoms with van der Waals surface area (Å²) in [5.41, 5.74) is 4.57. The van der Waals surface area contributed by atoms with Gasteiger partial charge in [-0.25, -0.2) is 4.98 Å². The van der Waals surface area contributed by atoms with Crippen LogP contribution in [0.4, 0.5) is 19.0 Å². The molecule has 0 bridgehead atoms. The van der Waals surface area contributed by atoms with E-state index in [2.05, 4.69) is 20.3 Å². The van der Waals surface area contributed by atoms with Gasteiger partial charge in [-0.15, -0.1) is 5.10 Å². The van der Waals surface area contributed by atoms with Crippen molar-refractivity contribution in [1.82, 2.24) is 24.8 Å². The molecule has 3 aromatic heterocycles. The van der Waals surface area contributed by atoms with E-state index in [0.717, 1.165) is 10.6 Å². The fourth-order valence-electron chi connectivity index (χ4n) is 1.75. The van der Waals surface area contributed by atoms with Crippen LogP contribution < -0.4 is 5.73 Å². The largest absolute Gasteiger partial charge is 0.417 e. The molecule has 0 fully saturated rings. The van der Waals surface area contributed by atoms with Crippen molar-refractivity contribution >= 4 is 22.5 Å². The lowest BCUT2D eigenvalue weighted by molar-refractivity contribution is -0.137. The Kier molecular flexibility index (Phi) is 2.28. The maximum Gasteiger partial charge on any atom is 0.417 e. The van der Waals surface area contributed by atoms with E-state index in [9.17, 15) is 13.2 Å². The van der Waals surface area contributed by atoms with Gasteiger partial charge in [0.2, 0.25) is 5.69 Å². The molecule has 100 valence electrons. The van der Waals surface area contributed by atoms with Gasteiger partial charge in [0.25, 0.3) is 0 Å². The monoisotopic (exact) mass is 279 g/mol. The number of nitrogens with two attached hydrogens (primary N) is 1. The molecule has 20 heavy (non-hydrogen) atoms. The number of nitrogens with zero attached hydrogens (tertiary/aromatic N) is 6. The van der Waals surface area contributed by atoms with E-state index in [0.29, 0.717) is 6.20 Å². The third-order valence-corrected chi connectivity index (χ3v) is 2.64. The molecule has 0 aliphatic rings. The Hall–Kier alpha value is -2.96. The number of fused-ring (bicyclic) bond motifs is 3. The number of nitriles is 1. The number of hydrogen-bond donors (Lipinski definition) is 1. The predicted octanol–water partition coefficient (Wildman–Crippen LogP) is 1.15. The molecule has 3 aromatic rings. The fraction of sp³-hybridized carbons (Fsp3) is 0.100. The molecular formula is C10H4F3N7. The quantitative estimate of drug-likeness (QED) is 0.661. The number of halogens is 3. The van der Waals surface area contributed by atoms with Crippen LogP contribution in [0, 0.1) is 11.3 Å². The first-order valence-corrected chi connectivity index (χ1v) is 5.20. The predicted molar refractivity (Wildman–Crippen MR) is 60.2 cm³/mol. The van der Waals surface area contributed by atoms with E-state index in [4.69, 9.17) is 11.0 Å². The van der Waals surface area contributed by atoms with Gasteiger partial charge in [0.1, 0.15) is 11.6 Å². The lowest BCUT2D eigenvalue weighted by Crippen LogP contribution is -2.08. The molecule has 3 rings (SSSR count). The summed E-state index contributed by atoms with van der Waals surface area (Å²) in [6, 6.07) is 2.57. The van der Waals surface area contributed by atoms with Gasteiger partial charge in [-0.2, -0.15) is 22.9 Å². The van der Waals surface area contributed by atoms with Crippen molar-refractivity contribution in [2.24, 2.45) is 0 Å². The summed E-state index contributed by atoms with van der Waals surface area (Å²) >= 11 is 0. The number of pyridine rings is 1. The van der Waals surface area contributed by atoms with Crippen LogP contribution in [0.25, 0.3) is 16.7 Å². The number of aromatic nitrogens is 5. The molecule has 0 aliphatic heterocycles. The Bertz CT molecular complexity index is 874. The summed E-state index contributed by atoms with van der Waals surface area (Å²) < 4.78 is 39.1. The van der Waals surface area contributed by atoms with Crippen molar-refractivity contribution in [2.45, 2.75) is 6.18 Å². The molecule has 0 unspecified atom stereocenters. The molecule has 0 saturated carbocycles. The molecular weight excluding hydrogens is 275 g/mol. The topological polar surface area (TPSA) is 106 Å². The minimum atomic E-state index is -4.55. The molecule has 0 amide bonds. The first kappa shape index (κ1) is 12.1. The van der Waals surface area contributed by atoms with Gasteiger partial charge in [0.05, 0.1) is 11.1 Å². The molecule has 0 aromatic carbocycles. The lowest BCUT2D eigenvalue weighted by Gasteiger charge is -2.08. The molecule has 10 heteroatoms. The van der Waals surface area contributed by atoms with Crippen LogP contribution in [0.5, 0.6) is 0 Å². The van der Waals surface area contributed by atoms with Gasteiger partial charge in [0, 0.05) is 6.20 Å². The third-order valence-electron chi connectivity index (χ3n) is 2.64. The minimum Gasteiger partial charge on any atom is -0.382 e. The first-order valence-electron chi connectivity index (χ1n) is 5.20. The van der Waals surface area contributed by atoms with Gasteiger partial charge in [0.15, 0.2) is 11.5 Å². The summed E-state index contributed by atoms with van der Waals surface area (Å²) in [5.74, 6) is -0.0972. The average molecular weight is 279 g/mol. The van der Waals surface area contributed by atoms with Crippen LogP contribution in [0.2, 0.25) is 0 Å². The Morgan fingerprint density at radius 2 is 2.10 bits per heavy atom. The number of hydrogen-bond acceptors (Lipinski definition) is 6. The van der Waals surface area contributed by atoms with Crippen molar-refractivity contribution in [3.8, 4) is 6.07 Å². The second-order valence-corrected chi connectivity index (χ2v) is 3.87. The number of nitrogen functional groups attached to an aromatic ring is 1. The minimum absolute atomic E-state index is 0.0152. The highest BCUT2D eigenvalue weighted by Crippen LogP contribution is 2.31. The van der Waals surface area contributed by atoms with Crippen molar-refractivity contribution in [3.63, 3.8) is 0 Å². The summed E-state index contributed by atoms with van der Waals surface area (Å²) in [4.78, 5) is 7.53. The van der Waals surface area contributed by atoms with E-state index in [1.54, 1.807) is 6.07 Å². The van der Waals surface area contributed by atoms with Crippen molar-refractivity contribution < 1.29 is 13.2 Å². The Balaban J connectivity index is 2.46. The normalized spacial score (nSPS) is 11.9. The van der Waals surface area contributed by atoms with E-state index < -0.39 is 11.7 Å². The second kappa shape index (κ2) is 3.77. The number of alkyl halides is 3. The Morgan fingerprint density at radius 3 is 2.75 bits per heavy atom. The fourth-order valence-corrected chi connectivity index (χ4v) is 1.75. The van der Waals surface area contributed by atoms with Crippen LogP contribution in [-0.2, 0) is 6.18 Å². The molecule has 0 aliphatic carbocycles. The zero-order chi connectivity index (χ0) is 14.5. The van der Waals surface area contributed by atoms with Crippen LogP contribution in [0.3, 0.4) is 0 Å². The van der Waals surface area contributed by atoms with Crippen molar-refractivity contribution in [1.29, 1.82) is 5.26 Å². The zero-order valence-electron chi connectivity index (χ0n) is 9.55. The van der Waals surface area contributed by atoms with Gasteiger partial charge in [-0.05, 0) is 6.07 Å². The highest BCUT2D eigenvalue weighted by atomic mass is 19.4. The SMILES string of the molecule is N#Cc1nnn2c1nc(N)c1ncc(C(F)(F)F)cc12. The molecule has 0 radical (unpaired) electrons. The van der Waals surface area contributed by atoms with Gasteiger partial charge >= 0.3 is 6.18 Å². The number of rotatable bonds is 0. The van der Waals surface area contributed by atoms with Crippen molar-refractivity contribution in [2.75, 3.05) is 5.73 Å². The molecule has 0 saturated heterocycles. The van der Waals surface area contributed by atoms with Crippen molar-refractivity contribution in [3.05, 3.63) is 23.5 Å². The molecule has 2 N–H and O–H groups in total. The zero-order valence-corrected chi connectivity index (χ0v) is 9.55. The highest BCUT2D eigenvalue weighted by molar-refractivity contribution is 5.87.